The molecule has 0 aliphatic heterocycles. The van der Waals surface area contributed by atoms with E-state index in [-0.39, 0.29) is 11.5 Å². The van der Waals surface area contributed by atoms with E-state index in [9.17, 15) is 18.0 Å². The first-order chi connectivity index (χ1) is 16.1. The van der Waals surface area contributed by atoms with E-state index in [1.165, 1.54) is 12.1 Å². The molecule has 0 aromatic heterocycles. The van der Waals surface area contributed by atoms with Crippen molar-refractivity contribution < 1.29 is 22.7 Å². The maximum atomic E-state index is 13.5. The molecule has 0 atom stereocenters. The molecular formula is C25H25BrN2O5S. The molecule has 178 valence electrons. The predicted octanol–water partition coefficient (Wildman–Crippen LogP) is 5.08. The number of nitrogens with zero attached hydrogens (tertiary/aromatic N) is 1. The zero-order valence-electron chi connectivity index (χ0n) is 19.0. The summed E-state index contributed by atoms with van der Waals surface area (Å²) in [6, 6.07) is 18.0. The second-order valence-electron chi connectivity index (χ2n) is 7.60. The van der Waals surface area contributed by atoms with Crippen LogP contribution in [0.25, 0.3) is 0 Å². The van der Waals surface area contributed by atoms with E-state index >= 15 is 0 Å². The van der Waals surface area contributed by atoms with Gasteiger partial charge in [-0.1, -0.05) is 39.7 Å². The van der Waals surface area contributed by atoms with Crippen LogP contribution in [0, 0.1) is 13.8 Å². The van der Waals surface area contributed by atoms with Gasteiger partial charge in [-0.15, -0.1) is 0 Å². The van der Waals surface area contributed by atoms with Gasteiger partial charge in [-0.2, -0.15) is 0 Å². The number of halogens is 1. The van der Waals surface area contributed by atoms with Crippen molar-refractivity contribution in [2.75, 3.05) is 22.8 Å². The molecule has 1 amide bonds. The molecule has 7 nitrogen and oxygen atoms in total. The number of esters is 1. The minimum Gasteiger partial charge on any atom is -0.462 e. The lowest BCUT2D eigenvalue weighted by Gasteiger charge is -2.24. The number of hydrogen-bond acceptors (Lipinski definition) is 5. The van der Waals surface area contributed by atoms with Crippen molar-refractivity contribution in [1.29, 1.82) is 0 Å². The monoisotopic (exact) mass is 544 g/mol. The SMILES string of the molecule is CCOC(=O)c1ccc(NC(=O)CN(c2cccc(Br)c2)S(=O)(=O)c2ccc(C)cc2)c(C)c1. The summed E-state index contributed by atoms with van der Waals surface area (Å²) in [6.07, 6.45) is 0. The van der Waals surface area contributed by atoms with E-state index in [0.717, 1.165) is 9.87 Å². The Morgan fingerprint density at radius 1 is 1.00 bits per heavy atom. The highest BCUT2D eigenvalue weighted by Gasteiger charge is 2.27. The molecule has 0 aliphatic carbocycles. The fourth-order valence-corrected chi connectivity index (χ4v) is 5.05. The van der Waals surface area contributed by atoms with Gasteiger partial charge in [0.1, 0.15) is 6.54 Å². The molecule has 3 rings (SSSR count). The summed E-state index contributed by atoms with van der Waals surface area (Å²) < 4.78 is 33.7. The number of carbonyl (C=O) groups is 2. The second kappa shape index (κ2) is 10.8. The van der Waals surface area contributed by atoms with E-state index in [1.807, 2.05) is 6.92 Å². The first-order valence-corrected chi connectivity index (χ1v) is 12.8. The van der Waals surface area contributed by atoms with Crippen LogP contribution in [0.4, 0.5) is 11.4 Å². The van der Waals surface area contributed by atoms with Crippen LogP contribution in [-0.2, 0) is 19.6 Å². The fourth-order valence-electron chi connectivity index (χ4n) is 3.25. The molecule has 1 N–H and O–H groups in total. The Bertz CT molecular complexity index is 1310. The minimum absolute atomic E-state index is 0.0841. The van der Waals surface area contributed by atoms with Crippen LogP contribution in [0.3, 0.4) is 0 Å². The van der Waals surface area contributed by atoms with E-state index < -0.39 is 28.4 Å². The zero-order chi connectivity index (χ0) is 24.9. The molecule has 0 aliphatic rings. The summed E-state index contributed by atoms with van der Waals surface area (Å²) in [5.74, 6) is -0.976. The van der Waals surface area contributed by atoms with Gasteiger partial charge >= 0.3 is 5.97 Å². The lowest BCUT2D eigenvalue weighted by atomic mass is 10.1. The Hall–Kier alpha value is -3.17. The molecule has 34 heavy (non-hydrogen) atoms. The van der Waals surface area contributed by atoms with E-state index in [0.29, 0.717) is 27.0 Å². The highest BCUT2D eigenvalue weighted by Crippen LogP contribution is 2.27. The summed E-state index contributed by atoms with van der Waals surface area (Å²) in [6.45, 7) is 5.16. The third kappa shape index (κ3) is 6.03. The summed E-state index contributed by atoms with van der Waals surface area (Å²) in [5, 5.41) is 2.75. The number of carbonyl (C=O) groups excluding carboxylic acids is 2. The Labute approximate surface area is 207 Å². The number of hydrogen-bond donors (Lipinski definition) is 1. The maximum Gasteiger partial charge on any atom is 0.338 e. The van der Waals surface area contributed by atoms with Gasteiger partial charge in [0.05, 0.1) is 22.8 Å². The largest absolute Gasteiger partial charge is 0.462 e. The molecule has 0 fully saturated rings. The Morgan fingerprint density at radius 2 is 1.71 bits per heavy atom. The van der Waals surface area contributed by atoms with Gasteiger partial charge in [0, 0.05) is 10.2 Å². The predicted molar refractivity (Wildman–Crippen MR) is 136 cm³/mol. The average Bonchev–Trinajstić information content (AvgIpc) is 2.79. The van der Waals surface area contributed by atoms with E-state index in [1.54, 1.807) is 68.4 Å². The summed E-state index contributed by atoms with van der Waals surface area (Å²) in [5.41, 5.74) is 2.76. The minimum atomic E-state index is -4.02. The van der Waals surface area contributed by atoms with Crippen molar-refractivity contribution in [3.05, 3.63) is 87.9 Å². The van der Waals surface area contributed by atoms with Crippen molar-refractivity contribution in [3.8, 4) is 0 Å². The van der Waals surface area contributed by atoms with Crippen molar-refractivity contribution in [2.24, 2.45) is 0 Å². The molecule has 0 unspecified atom stereocenters. The first kappa shape index (κ1) is 25.5. The second-order valence-corrected chi connectivity index (χ2v) is 10.4. The van der Waals surface area contributed by atoms with Crippen LogP contribution in [0.15, 0.2) is 76.1 Å². The van der Waals surface area contributed by atoms with E-state index in [2.05, 4.69) is 21.2 Å². The lowest BCUT2D eigenvalue weighted by molar-refractivity contribution is -0.114. The van der Waals surface area contributed by atoms with Crippen molar-refractivity contribution in [3.63, 3.8) is 0 Å². The van der Waals surface area contributed by atoms with Gasteiger partial charge in [-0.25, -0.2) is 13.2 Å². The van der Waals surface area contributed by atoms with Crippen LogP contribution < -0.4 is 9.62 Å². The lowest BCUT2D eigenvalue weighted by Crippen LogP contribution is -2.38. The van der Waals surface area contributed by atoms with E-state index in [4.69, 9.17) is 4.74 Å². The number of sulfonamides is 1. The number of benzene rings is 3. The van der Waals surface area contributed by atoms with Crippen molar-refractivity contribution >= 4 is 49.2 Å². The third-order valence-corrected chi connectivity index (χ3v) is 7.29. The van der Waals surface area contributed by atoms with Crippen LogP contribution in [0.2, 0.25) is 0 Å². The van der Waals surface area contributed by atoms with Crippen molar-refractivity contribution in [2.45, 2.75) is 25.7 Å². The Morgan fingerprint density at radius 3 is 2.32 bits per heavy atom. The summed E-state index contributed by atoms with van der Waals surface area (Å²) >= 11 is 3.36. The highest BCUT2D eigenvalue weighted by atomic mass is 79.9. The number of nitrogens with one attached hydrogen (secondary N) is 1. The zero-order valence-corrected chi connectivity index (χ0v) is 21.4. The standard InChI is InChI=1S/C25H25BrN2O5S/c1-4-33-25(30)19-10-13-23(18(3)14-19)27-24(29)16-28(21-7-5-6-20(26)15-21)34(31,32)22-11-8-17(2)9-12-22/h5-15H,4,16H2,1-3H3,(H,27,29). The first-order valence-electron chi connectivity index (χ1n) is 10.5. The van der Waals surface area contributed by atoms with Crippen LogP contribution in [-0.4, -0.2) is 33.4 Å². The number of anilines is 2. The number of ether oxygens (including phenoxy) is 1. The van der Waals surface area contributed by atoms with Gasteiger partial charge in [-0.3, -0.25) is 9.10 Å². The molecule has 9 heteroatoms. The van der Waals surface area contributed by atoms with Gasteiger partial charge in [0.2, 0.25) is 5.91 Å². The number of rotatable bonds is 8. The number of amides is 1. The van der Waals surface area contributed by atoms with Gasteiger partial charge < -0.3 is 10.1 Å². The molecule has 0 spiro atoms. The van der Waals surface area contributed by atoms with Crippen LogP contribution in [0.5, 0.6) is 0 Å². The topological polar surface area (TPSA) is 92.8 Å². The average molecular weight is 545 g/mol. The molecule has 0 heterocycles. The summed E-state index contributed by atoms with van der Waals surface area (Å²) in [4.78, 5) is 25.0. The molecule has 3 aromatic rings. The van der Waals surface area contributed by atoms with Gasteiger partial charge in [-0.05, 0) is 74.9 Å². The molecule has 0 saturated heterocycles. The van der Waals surface area contributed by atoms with Crippen LogP contribution >= 0.6 is 15.9 Å². The normalized spacial score (nSPS) is 11.1. The molecule has 0 bridgehead atoms. The van der Waals surface area contributed by atoms with Crippen molar-refractivity contribution in [1.82, 2.24) is 0 Å². The maximum absolute atomic E-state index is 13.5. The Kier molecular flexibility index (Phi) is 8.11. The quantitative estimate of drug-likeness (QED) is 0.399. The van der Waals surface area contributed by atoms with Gasteiger partial charge in [0.15, 0.2) is 0 Å². The Balaban J connectivity index is 1.89. The molecule has 0 saturated carbocycles. The fraction of sp³-hybridized carbons (Fsp3) is 0.200. The molecule has 0 radical (unpaired) electrons. The van der Waals surface area contributed by atoms with Gasteiger partial charge in [0.25, 0.3) is 10.0 Å². The van der Waals surface area contributed by atoms with Crippen LogP contribution in [0.1, 0.15) is 28.4 Å². The molecular weight excluding hydrogens is 520 g/mol. The highest BCUT2D eigenvalue weighted by molar-refractivity contribution is 9.10. The smallest absolute Gasteiger partial charge is 0.338 e. The molecule has 3 aromatic carbocycles. The number of aryl methyl sites for hydroxylation is 2. The summed E-state index contributed by atoms with van der Waals surface area (Å²) in [7, 11) is -4.02. The third-order valence-electron chi connectivity index (χ3n) is 5.00.